The molecule has 0 radical (unpaired) electrons. The van der Waals surface area contributed by atoms with Gasteiger partial charge in [0.2, 0.25) is 5.95 Å². The molecule has 3 heterocycles. The summed E-state index contributed by atoms with van der Waals surface area (Å²) in [7, 11) is 0. The number of rotatable bonds is 8. The molecule has 0 bridgehead atoms. The minimum absolute atomic E-state index is 0.564. The van der Waals surface area contributed by atoms with Crippen LogP contribution in [-0.2, 0) is 13.0 Å². The highest BCUT2D eigenvalue weighted by atomic mass is 15.2. The first kappa shape index (κ1) is 19.0. The first-order valence-electron chi connectivity index (χ1n) is 9.99. The molecule has 0 spiro atoms. The molecule has 0 aliphatic carbocycles. The van der Waals surface area contributed by atoms with Crippen LogP contribution >= 0.6 is 0 Å². The van der Waals surface area contributed by atoms with Crippen LogP contribution in [0.15, 0.2) is 55.0 Å². The Morgan fingerprint density at radius 3 is 2.48 bits per heavy atom. The lowest BCUT2D eigenvalue weighted by Crippen LogP contribution is -2.15. The molecule has 0 amide bonds. The molecule has 7 nitrogen and oxygen atoms in total. The number of fused-ring (bicyclic) bond motifs is 1. The third kappa shape index (κ3) is 4.25. The molecule has 148 valence electrons. The second-order valence-electron chi connectivity index (χ2n) is 6.74. The Morgan fingerprint density at radius 1 is 0.966 bits per heavy atom. The maximum absolute atomic E-state index is 4.73. The molecule has 0 unspecified atom stereocenters. The number of hydrogen-bond donors (Lipinski definition) is 2. The summed E-state index contributed by atoms with van der Waals surface area (Å²) in [4.78, 5) is 18.0. The van der Waals surface area contributed by atoms with E-state index in [1.165, 1.54) is 5.56 Å². The molecule has 1 aromatic carbocycles. The van der Waals surface area contributed by atoms with Crippen molar-refractivity contribution in [2.75, 3.05) is 18.4 Å². The predicted molar refractivity (Wildman–Crippen MR) is 116 cm³/mol. The first-order chi connectivity index (χ1) is 14.3. The molecule has 0 atom stereocenters. The number of anilines is 2. The molecule has 29 heavy (non-hydrogen) atoms. The number of nitrogens with one attached hydrogen (secondary N) is 2. The van der Waals surface area contributed by atoms with E-state index in [4.69, 9.17) is 9.97 Å². The van der Waals surface area contributed by atoms with Crippen molar-refractivity contribution in [2.45, 2.75) is 26.8 Å². The molecule has 0 saturated heterocycles. The number of imidazole rings is 1. The van der Waals surface area contributed by atoms with Gasteiger partial charge in [-0.15, -0.1) is 0 Å². The topological polar surface area (TPSA) is 80.5 Å². The second kappa shape index (κ2) is 8.79. The lowest BCUT2D eigenvalue weighted by Gasteiger charge is -2.08. The van der Waals surface area contributed by atoms with Crippen molar-refractivity contribution in [1.82, 2.24) is 29.8 Å². The highest BCUT2D eigenvalue weighted by molar-refractivity contribution is 5.77. The van der Waals surface area contributed by atoms with Gasteiger partial charge in [0.15, 0.2) is 5.65 Å². The van der Waals surface area contributed by atoms with Crippen molar-refractivity contribution < 1.29 is 0 Å². The molecule has 4 rings (SSSR count). The highest BCUT2D eigenvalue weighted by Gasteiger charge is 2.14. The van der Waals surface area contributed by atoms with Gasteiger partial charge in [-0.05, 0) is 56.3 Å². The van der Waals surface area contributed by atoms with Crippen molar-refractivity contribution in [3.8, 4) is 11.4 Å². The molecule has 0 aliphatic rings. The van der Waals surface area contributed by atoms with Crippen LogP contribution in [0.4, 0.5) is 11.6 Å². The highest BCUT2D eigenvalue weighted by Crippen LogP contribution is 2.24. The van der Waals surface area contributed by atoms with Crippen LogP contribution in [0.25, 0.3) is 22.6 Å². The number of aromatic nitrogens is 5. The van der Waals surface area contributed by atoms with E-state index in [1.54, 1.807) is 18.6 Å². The van der Waals surface area contributed by atoms with Crippen LogP contribution in [0.1, 0.15) is 19.4 Å². The summed E-state index contributed by atoms with van der Waals surface area (Å²) in [6, 6.07) is 12.3. The number of likely N-dealkylation sites (N-methyl/N-ethyl adjacent to an activating group) is 1. The van der Waals surface area contributed by atoms with E-state index in [1.807, 2.05) is 12.1 Å². The molecule has 0 fully saturated rings. The summed E-state index contributed by atoms with van der Waals surface area (Å²) in [5.41, 5.74) is 4.89. The minimum atomic E-state index is 0.564. The average Bonchev–Trinajstić information content (AvgIpc) is 3.14. The molecule has 3 aromatic heterocycles. The zero-order chi connectivity index (χ0) is 20.1. The molecule has 0 aliphatic heterocycles. The largest absolute Gasteiger partial charge is 0.324 e. The van der Waals surface area contributed by atoms with Crippen LogP contribution < -0.4 is 10.6 Å². The monoisotopic (exact) mass is 387 g/mol. The fraction of sp³-hybridized carbons (Fsp3) is 0.273. The van der Waals surface area contributed by atoms with E-state index in [0.717, 1.165) is 54.3 Å². The Balaban J connectivity index is 1.57. The van der Waals surface area contributed by atoms with E-state index < -0.39 is 0 Å². The maximum atomic E-state index is 4.73. The van der Waals surface area contributed by atoms with Crippen molar-refractivity contribution in [3.63, 3.8) is 0 Å². The number of benzene rings is 1. The average molecular weight is 387 g/mol. The summed E-state index contributed by atoms with van der Waals surface area (Å²) in [5.74, 6) is 1.44. The van der Waals surface area contributed by atoms with Gasteiger partial charge >= 0.3 is 0 Å². The summed E-state index contributed by atoms with van der Waals surface area (Å²) in [5, 5.41) is 6.65. The molecule has 4 aromatic rings. The molecular weight excluding hydrogens is 362 g/mol. The Hall–Kier alpha value is -3.32. The number of nitrogens with zero attached hydrogens (tertiary/aromatic N) is 5. The molecular formula is C22H25N7. The Labute approximate surface area is 170 Å². The van der Waals surface area contributed by atoms with Gasteiger partial charge in [0.05, 0.1) is 6.20 Å². The number of hydrogen-bond acceptors (Lipinski definition) is 6. The van der Waals surface area contributed by atoms with Gasteiger partial charge in [-0.1, -0.05) is 19.1 Å². The lowest BCUT2D eigenvalue weighted by molar-refractivity contribution is 0.716. The van der Waals surface area contributed by atoms with E-state index >= 15 is 0 Å². The Kier molecular flexibility index (Phi) is 5.76. The second-order valence-corrected chi connectivity index (χ2v) is 6.74. The van der Waals surface area contributed by atoms with Gasteiger partial charge in [-0.2, -0.15) is 4.98 Å². The first-order valence-corrected chi connectivity index (χ1v) is 9.99. The smallest absolute Gasteiger partial charge is 0.229 e. The van der Waals surface area contributed by atoms with Crippen molar-refractivity contribution in [2.24, 2.45) is 0 Å². The Morgan fingerprint density at radius 2 is 1.76 bits per heavy atom. The summed E-state index contributed by atoms with van der Waals surface area (Å²) < 4.78 is 2.10. The SMILES string of the molecule is CCNCCc1ccc(Nc2ncc3nc(-c4ccncc4)n(CC)c3n2)cc1. The summed E-state index contributed by atoms with van der Waals surface area (Å²) in [6.07, 6.45) is 6.33. The van der Waals surface area contributed by atoms with Crippen molar-refractivity contribution >= 4 is 22.8 Å². The van der Waals surface area contributed by atoms with Gasteiger partial charge in [0.1, 0.15) is 11.3 Å². The van der Waals surface area contributed by atoms with Gasteiger partial charge in [-0.3, -0.25) is 4.98 Å². The molecule has 7 heteroatoms. The third-order valence-corrected chi connectivity index (χ3v) is 4.79. The molecule has 2 N–H and O–H groups in total. The minimum Gasteiger partial charge on any atom is -0.324 e. The predicted octanol–water partition coefficient (Wildman–Crippen LogP) is 3.80. The lowest BCUT2D eigenvalue weighted by atomic mass is 10.1. The molecule has 0 saturated carbocycles. The fourth-order valence-electron chi connectivity index (χ4n) is 3.29. The number of pyridine rings is 1. The summed E-state index contributed by atoms with van der Waals surface area (Å²) in [6.45, 7) is 6.97. The normalized spacial score (nSPS) is 11.1. The summed E-state index contributed by atoms with van der Waals surface area (Å²) >= 11 is 0. The zero-order valence-electron chi connectivity index (χ0n) is 16.8. The number of aryl methyl sites for hydroxylation is 1. The van der Waals surface area contributed by atoms with Gasteiger partial charge in [0.25, 0.3) is 0 Å². The quantitative estimate of drug-likeness (QED) is 0.448. The van der Waals surface area contributed by atoms with Crippen LogP contribution in [-0.4, -0.2) is 37.6 Å². The third-order valence-electron chi connectivity index (χ3n) is 4.79. The standard InChI is InChI=1S/C22H25N7/c1-3-23-12-9-16-5-7-18(8-6-16)26-22-25-15-19-21(28-22)29(4-2)20(27-19)17-10-13-24-14-11-17/h5-8,10-11,13-15,23H,3-4,9,12H2,1-2H3,(H,25,26,28). The Bertz CT molecular complexity index is 1070. The van der Waals surface area contributed by atoms with Gasteiger partial charge in [0, 0.05) is 30.2 Å². The van der Waals surface area contributed by atoms with Gasteiger partial charge < -0.3 is 15.2 Å². The van der Waals surface area contributed by atoms with Crippen molar-refractivity contribution in [3.05, 3.63) is 60.6 Å². The fourth-order valence-corrected chi connectivity index (χ4v) is 3.29. The zero-order valence-corrected chi connectivity index (χ0v) is 16.8. The van der Waals surface area contributed by atoms with E-state index in [9.17, 15) is 0 Å². The van der Waals surface area contributed by atoms with Gasteiger partial charge in [-0.25, -0.2) is 9.97 Å². The maximum Gasteiger partial charge on any atom is 0.229 e. The van der Waals surface area contributed by atoms with Crippen LogP contribution in [0.2, 0.25) is 0 Å². The van der Waals surface area contributed by atoms with E-state index in [2.05, 4.69) is 63.3 Å². The van der Waals surface area contributed by atoms with Crippen molar-refractivity contribution in [1.29, 1.82) is 0 Å². The van der Waals surface area contributed by atoms with E-state index in [0.29, 0.717) is 5.95 Å². The van der Waals surface area contributed by atoms with E-state index in [-0.39, 0.29) is 0 Å². The van der Waals surface area contributed by atoms with Crippen LogP contribution in [0.5, 0.6) is 0 Å². The van der Waals surface area contributed by atoms with Crippen LogP contribution in [0.3, 0.4) is 0 Å². The van der Waals surface area contributed by atoms with Crippen LogP contribution in [0, 0.1) is 0 Å².